The first-order chi connectivity index (χ1) is 12.1. The summed E-state index contributed by atoms with van der Waals surface area (Å²) >= 11 is 7.11. The Balaban J connectivity index is 1.85. The molecule has 1 aromatic carbocycles. The molecule has 0 unspecified atom stereocenters. The van der Waals surface area contributed by atoms with Crippen LogP contribution >= 0.6 is 23.6 Å². The summed E-state index contributed by atoms with van der Waals surface area (Å²) in [5.74, 6) is 0.285. The van der Waals surface area contributed by atoms with E-state index in [1.54, 1.807) is 0 Å². The average Bonchev–Trinajstić information content (AvgIpc) is 3.05. The summed E-state index contributed by atoms with van der Waals surface area (Å²) in [5, 5.41) is 4.70. The Morgan fingerprint density at radius 2 is 2.12 bits per heavy atom. The van der Waals surface area contributed by atoms with Crippen LogP contribution in [0.5, 0.6) is 0 Å². The number of ether oxygens (including phenoxy) is 1. The SMILES string of the molecule is COC(=O)c1cc(-c2ccccc2)sc1NC(=S)N1CCC[C@@H](C)C1. The summed E-state index contributed by atoms with van der Waals surface area (Å²) in [6.07, 6.45) is 2.39. The van der Waals surface area contributed by atoms with Crippen LogP contribution in [0.15, 0.2) is 36.4 Å². The van der Waals surface area contributed by atoms with Crippen molar-refractivity contribution in [2.45, 2.75) is 19.8 Å². The molecule has 0 saturated carbocycles. The fourth-order valence-electron chi connectivity index (χ4n) is 3.04. The van der Waals surface area contributed by atoms with E-state index in [0.29, 0.717) is 16.6 Å². The quantitative estimate of drug-likeness (QED) is 0.627. The monoisotopic (exact) mass is 374 g/mol. The molecule has 1 atom stereocenters. The molecular formula is C19H22N2O2S2. The minimum atomic E-state index is -0.351. The number of carbonyl (C=O) groups excluding carboxylic acids is 1. The summed E-state index contributed by atoms with van der Waals surface area (Å²) in [6, 6.07) is 11.9. The summed E-state index contributed by atoms with van der Waals surface area (Å²) in [6.45, 7) is 4.16. The smallest absolute Gasteiger partial charge is 0.340 e. The zero-order valence-electron chi connectivity index (χ0n) is 14.5. The third-order valence-electron chi connectivity index (χ3n) is 4.36. The second-order valence-corrected chi connectivity index (χ2v) is 7.77. The van der Waals surface area contributed by atoms with Crippen LogP contribution in [-0.2, 0) is 4.74 Å². The largest absolute Gasteiger partial charge is 0.465 e. The van der Waals surface area contributed by atoms with Crippen LogP contribution < -0.4 is 5.32 Å². The van der Waals surface area contributed by atoms with Crippen LogP contribution in [0, 0.1) is 5.92 Å². The number of thiocarbonyl (C=S) groups is 1. The van der Waals surface area contributed by atoms with E-state index >= 15 is 0 Å². The number of nitrogens with zero attached hydrogens (tertiary/aromatic N) is 1. The summed E-state index contributed by atoms with van der Waals surface area (Å²) in [7, 11) is 1.40. The topological polar surface area (TPSA) is 41.6 Å². The molecule has 25 heavy (non-hydrogen) atoms. The fourth-order valence-corrected chi connectivity index (χ4v) is 4.42. The van der Waals surface area contributed by atoms with Gasteiger partial charge in [0.25, 0.3) is 0 Å². The predicted molar refractivity (Wildman–Crippen MR) is 107 cm³/mol. The standard InChI is InChI=1S/C19H22N2O2S2/c1-13-7-6-10-21(12-13)19(24)20-17-15(18(22)23-2)11-16(25-17)14-8-4-3-5-9-14/h3-5,8-9,11,13H,6-7,10,12H2,1-2H3,(H,20,24)/t13-/m1/s1. The van der Waals surface area contributed by atoms with E-state index in [4.69, 9.17) is 17.0 Å². The van der Waals surface area contributed by atoms with Gasteiger partial charge >= 0.3 is 5.97 Å². The molecule has 1 aromatic heterocycles. The first-order valence-electron chi connectivity index (χ1n) is 8.42. The van der Waals surface area contributed by atoms with Crippen LogP contribution in [0.1, 0.15) is 30.1 Å². The van der Waals surface area contributed by atoms with Gasteiger partial charge in [0.2, 0.25) is 0 Å². The van der Waals surface area contributed by atoms with Gasteiger partial charge in [0.15, 0.2) is 5.11 Å². The molecule has 132 valence electrons. The number of methoxy groups -OCH3 is 1. The molecule has 2 aromatic rings. The Bertz CT molecular complexity index is 758. The Morgan fingerprint density at radius 1 is 1.36 bits per heavy atom. The number of hydrogen-bond donors (Lipinski definition) is 1. The Kier molecular flexibility index (Phi) is 5.71. The van der Waals surface area contributed by atoms with Crippen LogP contribution in [0.25, 0.3) is 10.4 Å². The zero-order chi connectivity index (χ0) is 17.8. The van der Waals surface area contributed by atoms with Gasteiger partial charge in [0, 0.05) is 18.0 Å². The van der Waals surface area contributed by atoms with Crippen LogP contribution in [0.2, 0.25) is 0 Å². The van der Waals surface area contributed by atoms with E-state index in [-0.39, 0.29) is 5.97 Å². The Labute approximate surface area is 157 Å². The van der Waals surface area contributed by atoms with Gasteiger partial charge in [0.05, 0.1) is 12.7 Å². The van der Waals surface area contributed by atoms with Gasteiger partial charge < -0.3 is 15.0 Å². The number of esters is 1. The number of rotatable bonds is 3. The highest BCUT2D eigenvalue weighted by Gasteiger charge is 2.22. The van der Waals surface area contributed by atoms with Crippen molar-refractivity contribution >= 4 is 39.6 Å². The van der Waals surface area contributed by atoms with Crippen molar-refractivity contribution in [2.75, 3.05) is 25.5 Å². The van der Waals surface area contributed by atoms with Crippen molar-refractivity contribution in [2.24, 2.45) is 5.92 Å². The van der Waals surface area contributed by atoms with Gasteiger partial charge in [-0.3, -0.25) is 0 Å². The number of benzene rings is 1. The van der Waals surface area contributed by atoms with Crippen LogP contribution in [0.3, 0.4) is 0 Å². The van der Waals surface area contributed by atoms with Crippen molar-refractivity contribution in [3.8, 4) is 10.4 Å². The molecule has 1 saturated heterocycles. The second kappa shape index (κ2) is 7.97. The van der Waals surface area contributed by atoms with Crippen LogP contribution in [0.4, 0.5) is 5.00 Å². The lowest BCUT2D eigenvalue weighted by atomic mass is 10.0. The van der Waals surface area contributed by atoms with E-state index in [2.05, 4.69) is 17.1 Å². The summed E-state index contributed by atoms with van der Waals surface area (Å²) in [4.78, 5) is 15.4. The third-order valence-corrected chi connectivity index (χ3v) is 5.82. The molecule has 1 aliphatic rings. The number of likely N-dealkylation sites (tertiary alicyclic amines) is 1. The first-order valence-corrected chi connectivity index (χ1v) is 9.64. The average molecular weight is 375 g/mol. The molecule has 0 amide bonds. The van der Waals surface area contributed by atoms with E-state index in [1.807, 2.05) is 36.4 Å². The summed E-state index contributed by atoms with van der Waals surface area (Å²) in [5.41, 5.74) is 1.60. The number of hydrogen-bond acceptors (Lipinski definition) is 4. The highest BCUT2D eigenvalue weighted by atomic mass is 32.1. The molecule has 0 spiro atoms. The van der Waals surface area contributed by atoms with Crippen molar-refractivity contribution in [1.29, 1.82) is 0 Å². The highest BCUT2D eigenvalue weighted by molar-refractivity contribution is 7.80. The third kappa shape index (κ3) is 4.19. The maximum atomic E-state index is 12.2. The Morgan fingerprint density at radius 3 is 2.80 bits per heavy atom. The molecule has 0 radical (unpaired) electrons. The predicted octanol–water partition coefficient (Wildman–Crippen LogP) is 4.63. The number of piperidine rings is 1. The second-order valence-electron chi connectivity index (χ2n) is 6.33. The van der Waals surface area contributed by atoms with Crippen molar-refractivity contribution in [1.82, 2.24) is 4.90 Å². The molecule has 4 nitrogen and oxygen atoms in total. The van der Waals surface area contributed by atoms with Crippen molar-refractivity contribution in [3.05, 3.63) is 42.0 Å². The van der Waals surface area contributed by atoms with Crippen molar-refractivity contribution < 1.29 is 9.53 Å². The van der Waals surface area contributed by atoms with Crippen molar-refractivity contribution in [3.63, 3.8) is 0 Å². The lowest BCUT2D eigenvalue weighted by molar-refractivity contribution is 0.0602. The van der Waals surface area contributed by atoms with Gasteiger partial charge in [-0.15, -0.1) is 11.3 Å². The van der Waals surface area contributed by atoms with Gasteiger partial charge in [0.1, 0.15) is 5.00 Å². The highest BCUT2D eigenvalue weighted by Crippen LogP contribution is 2.36. The van der Waals surface area contributed by atoms with E-state index in [0.717, 1.165) is 35.0 Å². The Hall–Kier alpha value is -1.92. The number of nitrogens with one attached hydrogen (secondary N) is 1. The fraction of sp³-hybridized carbons (Fsp3) is 0.368. The maximum Gasteiger partial charge on any atom is 0.340 e. The lowest BCUT2D eigenvalue weighted by Crippen LogP contribution is -2.41. The molecule has 1 N–H and O–H groups in total. The number of anilines is 1. The molecular weight excluding hydrogens is 352 g/mol. The van der Waals surface area contributed by atoms with Gasteiger partial charge in [-0.2, -0.15) is 0 Å². The molecule has 6 heteroatoms. The number of carbonyl (C=O) groups is 1. The van der Waals surface area contributed by atoms with E-state index in [9.17, 15) is 4.79 Å². The maximum absolute atomic E-state index is 12.2. The molecule has 0 aliphatic carbocycles. The molecule has 3 rings (SSSR count). The zero-order valence-corrected chi connectivity index (χ0v) is 16.1. The molecule has 2 heterocycles. The van der Waals surface area contributed by atoms with Gasteiger partial charge in [-0.05, 0) is 42.6 Å². The molecule has 1 fully saturated rings. The van der Waals surface area contributed by atoms with Gasteiger partial charge in [-0.1, -0.05) is 37.3 Å². The van der Waals surface area contributed by atoms with Crippen LogP contribution in [-0.4, -0.2) is 36.2 Å². The minimum absolute atomic E-state index is 0.351. The first kappa shape index (κ1) is 17.9. The summed E-state index contributed by atoms with van der Waals surface area (Å²) < 4.78 is 4.94. The van der Waals surface area contributed by atoms with E-state index < -0.39 is 0 Å². The van der Waals surface area contributed by atoms with Gasteiger partial charge in [-0.25, -0.2) is 4.79 Å². The minimum Gasteiger partial charge on any atom is -0.465 e. The number of thiophene rings is 1. The molecule has 0 bridgehead atoms. The van der Waals surface area contributed by atoms with E-state index in [1.165, 1.54) is 24.9 Å². The lowest BCUT2D eigenvalue weighted by Gasteiger charge is -2.32. The molecule has 1 aliphatic heterocycles. The normalized spacial score (nSPS) is 17.2.